The van der Waals surface area contributed by atoms with Crippen molar-refractivity contribution in [3.05, 3.63) is 0 Å². The minimum absolute atomic E-state index is 0.104. The molecule has 2 atom stereocenters. The summed E-state index contributed by atoms with van der Waals surface area (Å²) < 4.78 is 3.90. The summed E-state index contributed by atoms with van der Waals surface area (Å²) >= 11 is 17.3. The van der Waals surface area contributed by atoms with Gasteiger partial charge in [0, 0.05) is 0 Å². The van der Waals surface area contributed by atoms with Crippen molar-refractivity contribution in [1.29, 1.82) is 0 Å². The molecule has 0 aromatic heterocycles. The molecule has 86 valence electrons. The van der Waals surface area contributed by atoms with Gasteiger partial charge in [-0.1, -0.05) is 48.7 Å². The van der Waals surface area contributed by atoms with Crippen LogP contribution in [0.2, 0.25) is 0 Å². The number of halogens is 3. The average molecular weight is 271 g/mol. The first kappa shape index (κ1) is 11.8. The Morgan fingerprint density at radius 2 is 2.13 bits per heavy atom. The zero-order chi connectivity index (χ0) is 11.3. The SMILES string of the molecule is CC(C)C1CCC12COC(C(Cl)(Cl)Cl)=N2. The van der Waals surface area contributed by atoms with Gasteiger partial charge in [-0.25, -0.2) is 4.99 Å². The van der Waals surface area contributed by atoms with E-state index in [1.54, 1.807) is 0 Å². The van der Waals surface area contributed by atoms with Gasteiger partial charge in [0.1, 0.15) is 12.1 Å². The molecule has 1 fully saturated rings. The molecule has 0 saturated heterocycles. The molecule has 2 nitrogen and oxygen atoms in total. The molecule has 1 aliphatic heterocycles. The molecule has 0 N–H and O–H groups in total. The second-order valence-electron chi connectivity index (χ2n) is 4.70. The van der Waals surface area contributed by atoms with Crippen molar-refractivity contribution in [1.82, 2.24) is 0 Å². The van der Waals surface area contributed by atoms with E-state index in [0.29, 0.717) is 18.4 Å². The number of aliphatic imine (C=N–C) groups is 1. The summed E-state index contributed by atoms with van der Waals surface area (Å²) in [5, 5.41) is 0. The van der Waals surface area contributed by atoms with Crippen LogP contribution in [0.4, 0.5) is 0 Å². The number of nitrogens with zero attached hydrogens (tertiary/aromatic N) is 1. The van der Waals surface area contributed by atoms with Crippen molar-refractivity contribution >= 4 is 40.7 Å². The van der Waals surface area contributed by atoms with E-state index in [0.717, 1.165) is 6.42 Å². The minimum atomic E-state index is -1.51. The van der Waals surface area contributed by atoms with E-state index in [4.69, 9.17) is 39.5 Å². The van der Waals surface area contributed by atoms with Crippen LogP contribution in [0.3, 0.4) is 0 Å². The van der Waals surface area contributed by atoms with Crippen molar-refractivity contribution in [2.24, 2.45) is 16.8 Å². The Labute approximate surface area is 105 Å². The Bertz CT molecular complexity index is 298. The molecule has 1 heterocycles. The molecule has 0 aromatic carbocycles. The molecule has 5 heteroatoms. The molecule has 0 aromatic rings. The molecule has 2 unspecified atom stereocenters. The van der Waals surface area contributed by atoms with Crippen LogP contribution in [0.15, 0.2) is 4.99 Å². The second kappa shape index (κ2) is 3.68. The summed E-state index contributed by atoms with van der Waals surface area (Å²) in [5.74, 6) is 1.42. The first-order valence-electron chi connectivity index (χ1n) is 5.15. The van der Waals surface area contributed by atoms with Crippen molar-refractivity contribution in [2.45, 2.75) is 36.0 Å². The first-order valence-corrected chi connectivity index (χ1v) is 6.28. The van der Waals surface area contributed by atoms with E-state index in [9.17, 15) is 0 Å². The quantitative estimate of drug-likeness (QED) is 0.667. The monoisotopic (exact) mass is 269 g/mol. The molecule has 1 spiro atoms. The highest BCUT2D eigenvalue weighted by Crippen LogP contribution is 2.50. The lowest BCUT2D eigenvalue weighted by Gasteiger charge is -2.45. The molecule has 0 radical (unpaired) electrons. The molecule has 2 aliphatic rings. The molecule has 1 aliphatic carbocycles. The number of hydrogen-bond acceptors (Lipinski definition) is 2. The third-order valence-corrected chi connectivity index (χ3v) is 3.89. The minimum Gasteiger partial charge on any atom is -0.475 e. The Kier molecular flexibility index (Phi) is 2.90. The predicted octanol–water partition coefficient (Wildman–Crippen LogP) is 3.59. The summed E-state index contributed by atoms with van der Waals surface area (Å²) in [6.07, 6.45) is 2.23. The molecular weight excluding hydrogens is 256 g/mol. The summed E-state index contributed by atoms with van der Waals surface area (Å²) in [5.41, 5.74) is -0.104. The maximum Gasteiger partial charge on any atom is 0.266 e. The fourth-order valence-corrected chi connectivity index (χ4v) is 2.81. The summed E-state index contributed by atoms with van der Waals surface area (Å²) in [6, 6.07) is 0. The van der Waals surface area contributed by atoms with Gasteiger partial charge in [0.2, 0.25) is 5.90 Å². The van der Waals surface area contributed by atoms with Gasteiger partial charge in [-0.3, -0.25) is 0 Å². The maximum absolute atomic E-state index is 5.75. The Morgan fingerprint density at radius 1 is 1.47 bits per heavy atom. The molecule has 0 amide bonds. The van der Waals surface area contributed by atoms with E-state index < -0.39 is 3.79 Å². The summed E-state index contributed by atoms with van der Waals surface area (Å²) in [7, 11) is 0. The second-order valence-corrected chi connectivity index (χ2v) is 6.98. The Balaban J connectivity index is 2.17. The van der Waals surface area contributed by atoms with Crippen LogP contribution < -0.4 is 0 Å². The van der Waals surface area contributed by atoms with Crippen molar-refractivity contribution in [2.75, 3.05) is 6.61 Å². The predicted molar refractivity (Wildman–Crippen MR) is 64.0 cm³/mol. The molecular formula is C10H14Cl3NO. The molecule has 0 bridgehead atoms. The number of rotatable bonds is 1. The fraction of sp³-hybridized carbons (Fsp3) is 0.900. The highest BCUT2D eigenvalue weighted by Gasteiger charge is 2.54. The van der Waals surface area contributed by atoms with E-state index in [2.05, 4.69) is 18.8 Å². The van der Waals surface area contributed by atoms with E-state index in [1.165, 1.54) is 6.42 Å². The van der Waals surface area contributed by atoms with Gasteiger partial charge in [0.25, 0.3) is 3.79 Å². The van der Waals surface area contributed by atoms with Crippen LogP contribution in [0, 0.1) is 11.8 Å². The van der Waals surface area contributed by atoms with E-state index in [-0.39, 0.29) is 11.4 Å². The third kappa shape index (κ3) is 1.96. The normalized spacial score (nSPS) is 35.3. The highest BCUT2D eigenvalue weighted by molar-refractivity contribution is 6.76. The topological polar surface area (TPSA) is 21.6 Å². The largest absolute Gasteiger partial charge is 0.475 e. The lowest BCUT2D eigenvalue weighted by molar-refractivity contribution is 0.0574. The van der Waals surface area contributed by atoms with Gasteiger partial charge < -0.3 is 4.74 Å². The number of alkyl halides is 3. The number of ether oxygens (including phenoxy) is 1. The Hall–Kier alpha value is 0.340. The maximum atomic E-state index is 5.75. The van der Waals surface area contributed by atoms with Crippen LogP contribution in [-0.2, 0) is 4.74 Å². The average Bonchev–Trinajstić information content (AvgIpc) is 2.45. The van der Waals surface area contributed by atoms with Crippen LogP contribution >= 0.6 is 34.8 Å². The smallest absolute Gasteiger partial charge is 0.266 e. The van der Waals surface area contributed by atoms with Crippen molar-refractivity contribution in [3.63, 3.8) is 0 Å². The highest BCUT2D eigenvalue weighted by atomic mass is 35.6. The zero-order valence-electron chi connectivity index (χ0n) is 8.77. The lowest BCUT2D eigenvalue weighted by Crippen LogP contribution is -2.49. The zero-order valence-corrected chi connectivity index (χ0v) is 11.0. The van der Waals surface area contributed by atoms with E-state index >= 15 is 0 Å². The van der Waals surface area contributed by atoms with Gasteiger partial charge >= 0.3 is 0 Å². The van der Waals surface area contributed by atoms with Gasteiger partial charge in [0.15, 0.2) is 0 Å². The Morgan fingerprint density at radius 3 is 2.47 bits per heavy atom. The molecule has 15 heavy (non-hydrogen) atoms. The standard InChI is InChI=1S/C10H14Cl3NO/c1-6(2)7-3-4-9(7)5-15-8(14-9)10(11,12)13/h6-7H,3-5H2,1-2H3. The fourth-order valence-electron chi connectivity index (χ4n) is 2.52. The van der Waals surface area contributed by atoms with Gasteiger partial charge in [-0.2, -0.15) is 0 Å². The van der Waals surface area contributed by atoms with Gasteiger partial charge in [0.05, 0.1) is 0 Å². The van der Waals surface area contributed by atoms with Gasteiger partial charge in [-0.15, -0.1) is 0 Å². The lowest BCUT2D eigenvalue weighted by atomic mass is 9.63. The molecule has 1 saturated carbocycles. The van der Waals surface area contributed by atoms with E-state index in [1.807, 2.05) is 0 Å². The first-order chi connectivity index (χ1) is 6.85. The van der Waals surface area contributed by atoms with Crippen molar-refractivity contribution in [3.8, 4) is 0 Å². The number of hydrogen-bond donors (Lipinski definition) is 0. The van der Waals surface area contributed by atoms with Crippen LogP contribution in [-0.4, -0.2) is 21.8 Å². The van der Waals surface area contributed by atoms with Crippen LogP contribution in [0.5, 0.6) is 0 Å². The summed E-state index contributed by atoms with van der Waals surface area (Å²) in [4.78, 5) is 4.50. The van der Waals surface area contributed by atoms with Crippen LogP contribution in [0.1, 0.15) is 26.7 Å². The molecule has 2 rings (SSSR count). The third-order valence-electron chi connectivity index (χ3n) is 3.41. The summed E-state index contributed by atoms with van der Waals surface area (Å²) in [6.45, 7) is 4.97. The van der Waals surface area contributed by atoms with Gasteiger partial charge in [-0.05, 0) is 24.7 Å². The van der Waals surface area contributed by atoms with Crippen LogP contribution in [0.25, 0.3) is 0 Å². The van der Waals surface area contributed by atoms with Crippen molar-refractivity contribution < 1.29 is 4.74 Å².